The number of carbonyl (C=O) groups excluding carboxylic acids is 1. The number of hydrogen-bond donors (Lipinski definition) is 2. The van der Waals surface area contributed by atoms with Crippen molar-refractivity contribution in [2.24, 2.45) is 0 Å². The van der Waals surface area contributed by atoms with E-state index in [1.807, 2.05) is 0 Å². The highest BCUT2D eigenvalue weighted by Crippen LogP contribution is 2.50. The molecule has 1 amide bonds. The van der Waals surface area contributed by atoms with Gasteiger partial charge in [-0.25, -0.2) is 4.79 Å². The molecule has 0 saturated carbocycles. The largest absolute Gasteiger partial charge is 0.480 e. The fraction of sp³-hybridized carbons (Fsp3) is 0.750. The lowest BCUT2D eigenvalue weighted by molar-refractivity contribution is -0.157. The van der Waals surface area contributed by atoms with Gasteiger partial charge in [0.1, 0.15) is 6.04 Å². The minimum Gasteiger partial charge on any atom is -0.480 e. The van der Waals surface area contributed by atoms with Crippen molar-refractivity contribution in [1.82, 2.24) is 4.90 Å². The van der Waals surface area contributed by atoms with Crippen LogP contribution in [-0.2, 0) is 9.59 Å². The van der Waals surface area contributed by atoms with Gasteiger partial charge in [0.2, 0.25) is 5.91 Å². The van der Waals surface area contributed by atoms with Crippen LogP contribution in [-0.4, -0.2) is 49.8 Å². The SMILES string of the molecule is CC1(CO)SC2CC(=O)N2C1C(=O)O. The van der Waals surface area contributed by atoms with Crippen LogP contribution in [0.15, 0.2) is 0 Å². The van der Waals surface area contributed by atoms with Gasteiger partial charge in [-0.3, -0.25) is 4.79 Å². The van der Waals surface area contributed by atoms with E-state index in [0.717, 1.165) is 0 Å². The zero-order valence-corrected chi connectivity index (χ0v) is 8.45. The summed E-state index contributed by atoms with van der Waals surface area (Å²) in [5.41, 5.74) is 0. The van der Waals surface area contributed by atoms with Gasteiger partial charge in [-0.2, -0.15) is 0 Å². The van der Waals surface area contributed by atoms with E-state index >= 15 is 0 Å². The first-order chi connectivity index (χ1) is 6.49. The number of amides is 1. The molecule has 0 aromatic carbocycles. The molecule has 0 aromatic rings. The Hall–Kier alpha value is -0.750. The Labute approximate surface area is 85.1 Å². The Morgan fingerprint density at radius 2 is 2.43 bits per heavy atom. The predicted molar refractivity (Wildman–Crippen MR) is 49.8 cm³/mol. The first kappa shape index (κ1) is 9.79. The molecule has 2 fully saturated rings. The lowest BCUT2D eigenvalue weighted by Gasteiger charge is -2.36. The highest BCUT2D eigenvalue weighted by molar-refractivity contribution is 8.01. The van der Waals surface area contributed by atoms with Gasteiger partial charge in [0, 0.05) is 0 Å². The maximum Gasteiger partial charge on any atom is 0.328 e. The molecular weight excluding hydrogens is 206 g/mol. The van der Waals surface area contributed by atoms with E-state index in [4.69, 9.17) is 5.11 Å². The normalized spacial score (nSPS) is 40.7. The number of aliphatic carboxylic acids is 1. The molecule has 0 radical (unpaired) electrons. The van der Waals surface area contributed by atoms with Crippen molar-refractivity contribution in [3.05, 3.63) is 0 Å². The van der Waals surface area contributed by atoms with Crippen LogP contribution in [0, 0.1) is 0 Å². The third-order valence-corrected chi connectivity index (χ3v) is 4.31. The van der Waals surface area contributed by atoms with Crippen LogP contribution in [0.4, 0.5) is 0 Å². The lowest BCUT2D eigenvalue weighted by atomic mass is 9.97. The molecule has 2 N–H and O–H groups in total. The highest BCUT2D eigenvalue weighted by atomic mass is 32.2. The van der Waals surface area contributed by atoms with Gasteiger partial charge in [0.15, 0.2) is 0 Å². The molecule has 0 spiro atoms. The van der Waals surface area contributed by atoms with E-state index in [2.05, 4.69) is 0 Å². The molecule has 5 nitrogen and oxygen atoms in total. The van der Waals surface area contributed by atoms with Gasteiger partial charge in [0.05, 0.1) is 23.1 Å². The summed E-state index contributed by atoms with van der Waals surface area (Å²) in [5.74, 6) is -1.17. The number of β-lactam (4-membered cyclic amide) rings is 1. The minimum absolute atomic E-state index is 0.0549. The Morgan fingerprint density at radius 3 is 2.86 bits per heavy atom. The standard InChI is InChI=1S/C8H11NO4S/c1-8(3-10)6(7(12)13)9-4(11)2-5(9)14-8/h5-6,10H,2-3H2,1H3,(H,12,13). The summed E-state index contributed by atoms with van der Waals surface area (Å²) < 4.78 is -0.761. The van der Waals surface area contributed by atoms with Crippen LogP contribution in [0.3, 0.4) is 0 Å². The number of aliphatic hydroxyl groups excluding tert-OH is 1. The second kappa shape index (κ2) is 2.87. The van der Waals surface area contributed by atoms with Gasteiger partial charge in [0.25, 0.3) is 0 Å². The van der Waals surface area contributed by atoms with Crippen molar-refractivity contribution in [2.75, 3.05) is 6.61 Å². The molecule has 2 heterocycles. The monoisotopic (exact) mass is 217 g/mol. The van der Waals surface area contributed by atoms with Crippen molar-refractivity contribution >= 4 is 23.6 Å². The lowest BCUT2D eigenvalue weighted by Crippen LogP contribution is -2.58. The molecule has 0 aliphatic carbocycles. The minimum atomic E-state index is -1.04. The average Bonchev–Trinajstić information content (AvgIpc) is 2.35. The van der Waals surface area contributed by atoms with Crippen molar-refractivity contribution in [3.63, 3.8) is 0 Å². The van der Waals surface area contributed by atoms with Gasteiger partial charge >= 0.3 is 5.97 Å². The number of nitrogens with zero attached hydrogens (tertiary/aromatic N) is 1. The van der Waals surface area contributed by atoms with Crippen LogP contribution < -0.4 is 0 Å². The molecule has 3 atom stereocenters. The Bertz CT molecular complexity index is 308. The number of carboxylic acid groups (broad SMARTS) is 1. The van der Waals surface area contributed by atoms with Gasteiger partial charge in [-0.05, 0) is 6.92 Å². The number of hydrogen-bond acceptors (Lipinski definition) is 4. The van der Waals surface area contributed by atoms with E-state index < -0.39 is 16.8 Å². The summed E-state index contributed by atoms with van der Waals surface area (Å²) in [6.45, 7) is 1.46. The summed E-state index contributed by atoms with van der Waals surface area (Å²) in [6, 6.07) is -0.885. The molecule has 0 bridgehead atoms. The molecule has 2 aliphatic rings. The van der Waals surface area contributed by atoms with E-state index in [1.165, 1.54) is 16.7 Å². The second-order valence-corrected chi connectivity index (χ2v) is 5.50. The molecule has 2 rings (SSSR count). The number of carboxylic acids is 1. The number of carbonyl (C=O) groups is 2. The molecular formula is C8H11NO4S. The van der Waals surface area contributed by atoms with E-state index in [0.29, 0.717) is 6.42 Å². The zero-order chi connectivity index (χ0) is 10.5. The fourth-order valence-corrected chi connectivity index (χ4v) is 3.60. The number of fused-ring (bicyclic) bond motifs is 1. The molecule has 3 unspecified atom stereocenters. The molecule has 0 aromatic heterocycles. The van der Waals surface area contributed by atoms with Gasteiger partial charge < -0.3 is 15.1 Å². The van der Waals surface area contributed by atoms with Crippen molar-refractivity contribution < 1.29 is 19.8 Å². The Morgan fingerprint density at radius 1 is 1.79 bits per heavy atom. The molecule has 6 heteroatoms. The third kappa shape index (κ3) is 1.07. The average molecular weight is 217 g/mol. The maximum absolute atomic E-state index is 11.2. The fourth-order valence-electron chi connectivity index (χ4n) is 1.98. The van der Waals surface area contributed by atoms with Crippen LogP contribution in [0.1, 0.15) is 13.3 Å². The third-order valence-electron chi connectivity index (χ3n) is 2.76. The van der Waals surface area contributed by atoms with Crippen LogP contribution in [0.2, 0.25) is 0 Å². The summed E-state index contributed by atoms with van der Waals surface area (Å²) in [7, 11) is 0. The van der Waals surface area contributed by atoms with Crippen molar-refractivity contribution in [3.8, 4) is 0 Å². The summed E-state index contributed by atoms with van der Waals surface area (Å²) in [5, 5.41) is 18.1. The van der Waals surface area contributed by atoms with Gasteiger partial charge in [-0.15, -0.1) is 11.8 Å². The summed E-state index contributed by atoms with van der Waals surface area (Å²) in [6.07, 6.45) is 0.393. The molecule has 14 heavy (non-hydrogen) atoms. The van der Waals surface area contributed by atoms with Crippen molar-refractivity contribution in [1.29, 1.82) is 0 Å². The quantitative estimate of drug-likeness (QED) is 0.609. The van der Waals surface area contributed by atoms with Gasteiger partial charge in [-0.1, -0.05) is 0 Å². The highest BCUT2D eigenvalue weighted by Gasteiger charge is 2.60. The number of aliphatic hydroxyl groups is 1. The second-order valence-electron chi connectivity index (χ2n) is 3.79. The molecule has 78 valence electrons. The number of rotatable bonds is 2. The van der Waals surface area contributed by atoms with E-state index in [9.17, 15) is 14.7 Å². The summed E-state index contributed by atoms with van der Waals surface area (Å²) >= 11 is 1.38. The van der Waals surface area contributed by atoms with Crippen LogP contribution in [0.25, 0.3) is 0 Å². The zero-order valence-electron chi connectivity index (χ0n) is 7.64. The Balaban J connectivity index is 2.31. The van der Waals surface area contributed by atoms with Crippen molar-refractivity contribution in [2.45, 2.75) is 29.5 Å². The first-order valence-corrected chi connectivity index (χ1v) is 5.20. The van der Waals surface area contributed by atoms with E-state index in [-0.39, 0.29) is 17.9 Å². The van der Waals surface area contributed by atoms with Crippen LogP contribution >= 0.6 is 11.8 Å². The predicted octanol–water partition coefficient (Wildman–Crippen LogP) is -0.504. The van der Waals surface area contributed by atoms with E-state index in [1.54, 1.807) is 6.92 Å². The number of thioether (sulfide) groups is 1. The first-order valence-electron chi connectivity index (χ1n) is 4.32. The smallest absolute Gasteiger partial charge is 0.328 e. The molecule has 2 saturated heterocycles. The Kier molecular flexibility index (Phi) is 2.01. The topological polar surface area (TPSA) is 77.8 Å². The molecule has 2 aliphatic heterocycles. The maximum atomic E-state index is 11.2. The summed E-state index contributed by atoms with van der Waals surface area (Å²) in [4.78, 5) is 23.6. The van der Waals surface area contributed by atoms with Crippen LogP contribution in [0.5, 0.6) is 0 Å².